The number of rotatable bonds is 7. The highest BCUT2D eigenvalue weighted by atomic mass is 19.4. The summed E-state index contributed by atoms with van der Waals surface area (Å²) in [5.74, 6) is -2.64. The van der Waals surface area contributed by atoms with E-state index in [1.165, 1.54) is 13.8 Å². The number of carbonyl (C=O) groups excluding carboxylic acids is 1. The highest BCUT2D eigenvalue weighted by molar-refractivity contribution is 5.77. The molecule has 3 heterocycles. The summed E-state index contributed by atoms with van der Waals surface area (Å²) >= 11 is 0. The second-order valence-electron chi connectivity index (χ2n) is 14.5. The Kier molecular flexibility index (Phi) is 8.74. The molecule has 7 rings (SSSR count). The summed E-state index contributed by atoms with van der Waals surface area (Å²) in [5.41, 5.74) is -2.16. The van der Waals surface area contributed by atoms with E-state index in [1.54, 1.807) is 24.3 Å². The van der Waals surface area contributed by atoms with Crippen LogP contribution in [-0.4, -0.2) is 36.5 Å². The number of halogens is 7. The van der Waals surface area contributed by atoms with Crippen molar-refractivity contribution in [3.8, 4) is 23.0 Å². The number of aliphatic hydroxyl groups is 2. The zero-order chi connectivity index (χ0) is 38.2. The third kappa shape index (κ3) is 7.03. The number of hydrogen-bond donors (Lipinski definition) is 4. The monoisotopic (exact) mass is 741 g/mol. The van der Waals surface area contributed by atoms with Crippen LogP contribution in [0.15, 0.2) is 48.5 Å². The van der Waals surface area contributed by atoms with Crippen molar-refractivity contribution >= 4 is 5.91 Å². The summed E-state index contributed by atoms with van der Waals surface area (Å²) in [6.45, 7) is 2.97. The first-order valence-electron chi connectivity index (χ1n) is 16.9. The molecule has 53 heavy (non-hydrogen) atoms. The minimum atomic E-state index is -5.06. The molecular weight excluding hydrogens is 707 g/mol. The Morgan fingerprint density at radius 2 is 1.79 bits per heavy atom. The SMILES string of the molecule is C[C@@H]1Cc2c(C(F)(F)F)nn(CC(=O)N[C@@H](Cc3cc(F)cc(F)c3)c3nc(C#CC(C)(C)O)ccc3-c3ccc4c(c3)C(O)NC43CC3)c2C1(F)F. The second-order valence-corrected chi connectivity index (χ2v) is 14.5. The van der Waals surface area contributed by atoms with E-state index in [4.69, 9.17) is 0 Å². The van der Waals surface area contributed by atoms with Crippen LogP contribution >= 0.6 is 0 Å². The van der Waals surface area contributed by atoms with Crippen molar-refractivity contribution in [2.45, 2.75) is 88.5 Å². The van der Waals surface area contributed by atoms with E-state index in [9.17, 15) is 37.0 Å². The number of benzene rings is 2. The van der Waals surface area contributed by atoms with E-state index in [1.807, 2.05) is 6.07 Å². The lowest BCUT2D eigenvalue weighted by Crippen LogP contribution is -2.35. The molecule has 1 unspecified atom stereocenters. The van der Waals surface area contributed by atoms with E-state index in [0.29, 0.717) is 27.4 Å². The van der Waals surface area contributed by atoms with Gasteiger partial charge in [-0.2, -0.15) is 27.1 Å². The fourth-order valence-electron chi connectivity index (χ4n) is 7.25. The fraction of sp³-hybridized carbons (Fsp3) is 0.395. The van der Waals surface area contributed by atoms with Crippen molar-refractivity contribution in [3.63, 3.8) is 0 Å². The summed E-state index contributed by atoms with van der Waals surface area (Å²) in [6, 6.07) is 10.0. The Bertz CT molecular complexity index is 2170. The lowest BCUT2D eigenvalue weighted by molar-refractivity contribution is -0.142. The first-order valence-corrected chi connectivity index (χ1v) is 16.9. The maximum absolute atomic E-state index is 15.3. The van der Waals surface area contributed by atoms with E-state index < -0.39 is 83.3 Å². The molecule has 1 saturated carbocycles. The third-order valence-electron chi connectivity index (χ3n) is 9.84. The van der Waals surface area contributed by atoms with Gasteiger partial charge in [-0.1, -0.05) is 25.0 Å². The van der Waals surface area contributed by atoms with Gasteiger partial charge < -0.3 is 15.5 Å². The number of carbonyl (C=O) groups is 1. The number of hydrogen-bond acceptors (Lipinski definition) is 6. The first kappa shape index (κ1) is 36.6. The fourth-order valence-corrected chi connectivity index (χ4v) is 7.25. The third-order valence-corrected chi connectivity index (χ3v) is 9.84. The van der Waals surface area contributed by atoms with Crippen LogP contribution in [0, 0.1) is 29.4 Å². The number of amides is 1. The smallest absolute Gasteiger partial charge is 0.378 e. The molecule has 8 nitrogen and oxygen atoms in total. The summed E-state index contributed by atoms with van der Waals surface area (Å²) in [5, 5.41) is 30.3. The highest BCUT2D eigenvalue weighted by Gasteiger charge is 2.54. The number of pyridine rings is 1. The molecule has 278 valence electrons. The van der Waals surface area contributed by atoms with Crippen LogP contribution in [0.25, 0.3) is 11.1 Å². The molecule has 2 aliphatic carbocycles. The van der Waals surface area contributed by atoms with E-state index >= 15 is 8.78 Å². The molecule has 3 atom stereocenters. The van der Waals surface area contributed by atoms with Gasteiger partial charge in [0.15, 0.2) is 5.69 Å². The second kappa shape index (κ2) is 12.7. The Labute approximate surface area is 299 Å². The average Bonchev–Trinajstić information content (AvgIpc) is 3.57. The molecule has 15 heteroatoms. The van der Waals surface area contributed by atoms with Crippen molar-refractivity contribution in [1.29, 1.82) is 0 Å². The molecule has 0 radical (unpaired) electrons. The van der Waals surface area contributed by atoms with Crippen LogP contribution < -0.4 is 10.6 Å². The van der Waals surface area contributed by atoms with Crippen LogP contribution in [0.3, 0.4) is 0 Å². The van der Waals surface area contributed by atoms with Crippen molar-refractivity contribution in [3.05, 3.63) is 105 Å². The van der Waals surface area contributed by atoms with Crippen molar-refractivity contribution in [1.82, 2.24) is 25.4 Å². The van der Waals surface area contributed by atoms with E-state index in [2.05, 4.69) is 32.6 Å². The lowest BCUT2D eigenvalue weighted by atomic mass is 9.92. The van der Waals surface area contributed by atoms with Crippen LogP contribution in [0.2, 0.25) is 0 Å². The molecule has 1 amide bonds. The van der Waals surface area contributed by atoms with E-state index in [-0.39, 0.29) is 28.9 Å². The van der Waals surface area contributed by atoms with Crippen LogP contribution in [0.4, 0.5) is 30.7 Å². The molecule has 3 aliphatic rings. The number of aromatic nitrogens is 3. The number of nitrogens with one attached hydrogen (secondary N) is 2. The van der Waals surface area contributed by atoms with Crippen LogP contribution in [0.1, 0.15) is 90.9 Å². The standard InChI is InChI=1S/C38H34F7N5O3/c1-19-12-27-32(38(43,44)45)49-50(33(27)37(19,41)42)18-30(51)47-29(15-20-13-22(39)17-23(40)14-20)31-25(6-5-24(46-31)8-9-35(2,3)53)21-4-7-28-26(16-21)34(52)48-36(28)10-11-36/h4-7,13-14,16-17,19,29,34,48,52-53H,10-12,15,18H2,1-3H3,(H,47,51)/t19-,29+,34?/m1/s1. The summed E-state index contributed by atoms with van der Waals surface area (Å²) in [6.07, 6.45) is -5.25. The predicted octanol–water partition coefficient (Wildman–Crippen LogP) is 6.33. The molecule has 1 spiro atoms. The molecule has 0 bridgehead atoms. The van der Waals surface area contributed by atoms with Gasteiger partial charge in [0, 0.05) is 34.2 Å². The maximum Gasteiger partial charge on any atom is 0.435 e. The molecule has 1 fully saturated rings. The Balaban J connectivity index is 1.33. The van der Waals surface area contributed by atoms with Gasteiger partial charge in [0.05, 0.1) is 11.7 Å². The Morgan fingerprint density at radius 1 is 1.09 bits per heavy atom. The van der Waals surface area contributed by atoms with Gasteiger partial charge in [-0.25, -0.2) is 13.8 Å². The number of aliphatic hydroxyl groups excluding tert-OH is 1. The van der Waals surface area contributed by atoms with Crippen molar-refractivity contribution < 1.29 is 45.7 Å². The molecule has 2 aromatic carbocycles. The van der Waals surface area contributed by atoms with Gasteiger partial charge in [-0.15, -0.1) is 0 Å². The molecule has 0 saturated heterocycles. The minimum Gasteiger partial charge on any atom is -0.378 e. The van der Waals surface area contributed by atoms with Gasteiger partial charge >= 0.3 is 6.18 Å². The van der Waals surface area contributed by atoms with E-state index in [0.717, 1.165) is 37.5 Å². The molecule has 2 aromatic heterocycles. The zero-order valence-electron chi connectivity index (χ0n) is 28.7. The number of fused-ring (bicyclic) bond motifs is 3. The predicted molar refractivity (Wildman–Crippen MR) is 177 cm³/mol. The molecule has 4 aromatic rings. The number of alkyl halides is 5. The normalized spacial score (nSPS) is 20.1. The van der Waals surface area contributed by atoms with Crippen molar-refractivity contribution in [2.75, 3.05) is 0 Å². The number of nitrogens with zero attached hydrogens (tertiary/aromatic N) is 3. The summed E-state index contributed by atoms with van der Waals surface area (Å²) in [7, 11) is 0. The zero-order valence-corrected chi connectivity index (χ0v) is 28.7. The first-order chi connectivity index (χ1) is 24.7. The Morgan fingerprint density at radius 3 is 2.43 bits per heavy atom. The largest absolute Gasteiger partial charge is 0.435 e. The average molecular weight is 742 g/mol. The lowest BCUT2D eigenvalue weighted by Gasteiger charge is -2.23. The highest BCUT2D eigenvalue weighted by Crippen LogP contribution is 2.54. The van der Waals surface area contributed by atoms with Crippen LogP contribution in [-0.2, 0) is 41.8 Å². The van der Waals surface area contributed by atoms with Gasteiger partial charge in [0.25, 0.3) is 5.92 Å². The molecule has 4 N–H and O–H groups in total. The van der Waals surface area contributed by atoms with Crippen molar-refractivity contribution in [2.24, 2.45) is 5.92 Å². The maximum atomic E-state index is 15.3. The summed E-state index contributed by atoms with van der Waals surface area (Å²) < 4.78 is 101. The van der Waals surface area contributed by atoms with Gasteiger partial charge in [0.2, 0.25) is 5.91 Å². The minimum absolute atomic E-state index is 0.0671. The summed E-state index contributed by atoms with van der Waals surface area (Å²) in [4.78, 5) is 18.4. The van der Waals surface area contributed by atoms with Gasteiger partial charge in [0.1, 0.15) is 41.4 Å². The Hall–Kier alpha value is -4.78. The molecule has 1 aliphatic heterocycles. The topological polar surface area (TPSA) is 112 Å². The molecular formula is C38H34F7N5O3. The van der Waals surface area contributed by atoms with Gasteiger partial charge in [-0.05, 0) is 92.5 Å². The van der Waals surface area contributed by atoms with Gasteiger partial charge in [-0.3, -0.25) is 14.8 Å². The quantitative estimate of drug-likeness (QED) is 0.130. The van der Waals surface area contributed by atoms with Crippen LogP contribution in [0.5, 0.6) is 0 Å².